The molecule has 2 aromatic carbocycles. The maximum absolute atomic E-state index is 13.7. The number of aromatic hydroxyl groups is 1. The van der Waals surface area contributed by atoms with Gasteiger partial charge in [-0.2, -0.15) is 0 Å². The van der Waals surface area contributed by atoms with Crippen LogP contribution in [0.1, 0.15) is 29.4 Å². The van der Waals surface area contributed by atoms with Crippen LogP contribution < -0.4 is 15.4 Å². The predicted octanol–water partition coefficient (Wildman–Crippen LogP) is 3.25. The summed E-state index contributed by atoms with van der Waals surface area (Å²) in [5.41, 5.74) is 1.98. The van der Waals surface area contributed by atoms with Gasteiger partial charge in [-0.1, -0.05) is 0 Å². The lowest BCUT2D eigenvalue weighted by atomic mass is 9.89. The molecule has 0 aliphatic carbocycles. The Labute approximate surface area is 177 Å². The number of phenolic OH excluding ortho intramolecular Hbond substituents is 1. The maximum Gasteiger partial charge on any atom is 0.228 e. The molecule has 1 aromatic heterocycles. The molecule has 1 aliphatic heterocycles. The second kappa shape index (κ2) is 8.10. The molecule has 0 saturated carbocycles. The quantitative estimate of drug-likeness (QED) is 0.578. The molecule has 1 aliphatic rings. The molecular weight excluding hydrogens is 405 g/mol. The van der Waals surface area contributed by atoms with Crippen LogP contribution in [0.4, 0.5) is 10.1 Å². The first-order chi connectivity index (χ1) is 14.9. The minimum absolute atomic E-state index is 0.00440. The van der Waals surface area contributed by atoms with E-state index in [9.17, 15) is 19.1 Å². The summed E-state index contributed by atoms with van der Waals surface area (Å²) >= 11 is 0. The molecule has 4 rings (SSSR count). The van der Waals surface area contributed by atoms with E-state index in [2.05, 4.69) is 15.6 Å². The van der Waals surface area contributed by atoms with Crippen molar-refractivity contribution in [2.75, 3.05) is 12.4 Å². The zero-order valence-corrected chi connectivity index (χ0v) is 16.9. The monoisotopic (exact) mass is 425 g/mol. The Bertz CT molecular complexity index is 1170. The molecule has 160 valence electrons. The van der Waals surface area contributed by atoms with Crippen LogP contribution in [-0.4, -0.2) is 29.0 Å². The van der Waals surface area contributed by atoms with E-state index in [1.54, 1.807) is 19.1 Å². The minimum atomic E-state index is -0.799. The Morgan fingerprint density at radius 1 is 1.35 bits per heavy atom. The van der Waals surface area contributed by atoms with E-state index in [4.69, 9.17) is 9.15 Å². The third kappa shape index (κ3) is 4.07. The first-order valence-corrected chi connectivity index (χ1v) is 9.56. The van der Waals surface area contributed by atoms with Crippen LogP contribution in [0.3, 0.4) is 0 Å². The first kappa shape index (κ1) is 20.4. The van der Waals surface area contributed by atoms with Crippen molar-refractivity contribution in [3.8, 4) is 23.0 Å². The molecule has 8 nitrogen and oxygen atoms in total. The minimum Gasteiger partial charge on any atom is -0.504 e. The molecule has 9 heteroatoms. The average molecular weight is 425 g/mol. The molecule has 3 aromatic rings. The lowest BCUT2D eigenvalue weighted by molar-refractivity contribution is -0.126. The van der Waals surface area contributed by atoms with E-state index in [1.165, 1.54) is 31.4 Å². The number of oxazole rings is 1. The second-order valence-corrected chi connectivity index (χ2v) is 7.16. The number of nitrogens with one attached hydrogen (secondary N) is 2. The fourth-order valence-corrected chi connectivity index (χ4v) is 3.49. The van der Waals surface area contributed by atoms with Crippen molar-refractivity contribution in [3.05, 3.63) is 59.2 Å². The van der Waals surface area contributed by atoms with Gasteiger partial charge in [0.25, 0.3) is 0 Å². The summed E-state index contributed by atoms with van der Waals surface area (Å²) in [7, 11) is 1.44. The van der Waals surface area contributed by atoms with Crippen LogP contribution in [-0.2, 0) is 16.1 Å². The average Bonchev–Trinajstić information content (AvgIpc) is 3.12. The normalized spacial score (nSPS) is 15.2. The van der Waals surface area contributed by atoms with Crippen LogP contribution >= 0.6 is 0 Å². The Morgan fingerprint density at radius 2 is 2.16 bits per heavy atom. The number of hydrogen-bond acceptors (Lipinski definition) is 6. The van der Waals surface area contributed by atoms with Gasteiger partial charge in [0, 0.05) is 17.7 Å². The second-order valence-electron chi connectivity index (χ2n) is 7.16. The predicted molar refractivity (Wildman–Crippen MR) is 109 cm³/mol. The SMILES string of the molecule is COc1cc(-c2nc(CNC(=O)C3CC(=O)Nc4ccc(F)cc43)c(C)o2)ccc1O. The van der Waals surface area contributed by atoms with Crippen LogP contribution in [0.2, 0.25) is 0 Å². The highest BCUT2D eigenvalue weighted by Crippen LogP contribution is 2.34. The lowest BCUT2D eigenvalue weighted by Gasteiger charge is -2.24. The summed E-state index contributed by atoms with van der Waals surface area (Å²) < 4.78 is 24.5. The van der Waals surface area contributed by atoms with Gasteiger partial charge in [-0.05, 0) is 48.9 Å². The number of ether oxygens (including phenoxy) is 1. The number of hydrogen-bond donors (Lipinski definition) is 3. The Morgan fingerprint density at radius 3 is 2.94 bits per heavy atom. The third-order valence-corrected chi connectivity index (χ3v) is 5.12. The molecule has 0 radical (unpaired) electrons. The van der Waals surface area contributed by atoms with Crippen LogP contribution in [0.5, 0.6) is 11.5 Å². The molecule has 1 atom stereocenters. The van der Waals surface area contributed by atoms with E-state index in [-0.39, 0.29) is 30.4 Å². The fourth-order valence-electron chi connectivity index (χ4n) is 3.49. The summed E-state index contributed by atoms with van der Waals surface area (Å²) in [6.45, 7) is 1.79. The number of methoxy groups -OCH3 is 1. The Balaban J connectivity index is 1.51. The van der Waals surface area contributed by atoms with Crippen molar-refractivity contribution in [3.63, 3.8) is 0 Å². The molecule has 0 saturated heterocycles. The summed E-state index contributed by atoms with van der Waals surface area (Å²) in [5, 5.41) is 15.1. The first-order valence-electron chi connectivity index (χ1n) is 9.56. The number of halogens is 1. The van der Waals surface area contributed by atoms with Gasteiger partial charge in [0.05, 0.1) is 19.6 Å². The number of aromatic nitrogens is 1. The van der Waals surface area contributed by atoms with Gasteiger partial charge < -0.3 is 24.9 Å². The van der Waals surface area contributed by atoms with E-state index in [0.29, 0.717) is 34.2 Å². The number of carbonyl (C=O) groups is 2. The largest absolute Gasteiger partial charge is 0.504 e. The van der Waals surface area contributed by atoms with Crippen molar-refractivity contribution < 1.29 is 28.2 Å². The number of benzene rings is 2. The maximum atomic E-state index is 13.7. The van der Waals surface area contributed by atoms with E-state index in [0.717, 1.165) is 0 Å². The molecule has 31 heavy (non-hydrogen) atoms. The number of fused-ring (bicyclic) bond motifs is 1. The summed E-state index contributed by atoms with van der Waals surface area (Å²) in [6, 6.07) is 8.64. The molecule has 0 fully saturated rings. The van der Waals surface area contributed by atoms with Gasteiger partial charge in [0.1, 0.15) is 17.3 Å². The Hall–Kier alpha value is -3.88. The molecule has 0 spiro atoms. The smallest absolute Gasteiger partial charge is 0.228 e. The van der Waals surface area contributed by atoms with Crippen molar-refractivity contribution >= 4 is 17.5 Å². The molecule has 0 bridgehead atoms. The van der Waals surface area contributed by atoms with Gasteiger partial charge in [-0.15, -0.1) is 0 Å². The number of carbonyl (C=O) groups excluding carboxylic acids is 2. The highest BCUT2D eigenvalue weighted by Gasteiger charge is 2.31. The fraction of sp³-hybridized carbons (Fsp3) is 0.227. The van der Waals surface area contributed by atoms with E-state index >= 15 is 0 Å². The van der Waals surface area contributed by atoms with Gasteiger partial charge in [-0.3, -0.25) is 9.59 Å². The third-order valence-electron chi connectivity index (χ3n) is 5.12. The number of aryl methyl sites for hydroxylation is 1. The molecule has 2 heterocycles. The molecule has 1 unspecified atom stereocenters. The zero-order valence-electron chi connectivity index (χ0n) is 16.9. The lowest BCUT2D eigenvalue weighted by Crippen LogP contribution is -2.35. The van der Waals surface area contributed by atoms with Crippen molar-refractivity contribution in [2.45, 2.75) is 25.8 Å². The highest BCUT2D eigenvalue weighted by atomic mass is 19.1. The van der Waals surface area contributed by atoms with Crippen LogP contribution in [0, 0.1) is 12.7 Å². The number of rotatable bonds is 5. The van der Waals surface area contributed by atoms with E-state index < -0.39 is 17.6 Å². The zero-order chi connectivity index (χ0) is 22.1. The van der Waals surface area contributed by atoms with Gasteiger partial charge in [-0.25, -0.2) is 9.37 Å². The van der Waals surface area contributed by atoms with E-state index in [1.807, 2.05) is 0 Å². The van der Waals surface area contributed by atoms with Crippen molar-refractivity contribution in [1.82, 2.24) is 10.3 Å². The highest BCUT2D eigenvalue weighted by molar-refractivity contribution is 6.01. The number of phenols is 1. The van der Waals surface area contributed by atoms with Crippen molar-refractivity contribution in [2.24, 2.45) is 0 Å². The van der Waals surface area contributed by atoms with Crippen LogP contribution in [0.15, 0.2) is 40.8 Å². The standard InChI is InChI=1S/C22H20FN3O5/c1-11-17(26-22(31-11)12-3-6-18(27)19(7-12)30-2)10-24-21(29)15-9-20(28)25-16-5-4-13(23)8-14(15)16/h3-8,15,27H,9-10H2,1-2H3,(H,24,29)(H,25,28). The summed E-state index contributed by atoms with van der Waals surface area (Å²) in [4.78, 5) is 29.2. The number of anilines is 1. The number of nitrogens with zero attached hydrogens (tertiary/aromatic N) is 1. The molecular formula is C22H20FN3O5. The van der Waals surface area contributed by atoms with Gasteiger partial charge in [0.2, 0.25) is 17.7 Å². The van der Waals surface area contributed by atoms with Gasteiger partial charge >= 0.3 is 0 Å². The summed E-state index contributed by atoms with van der Waals surface area (Å²) in [5.74, 6) is -0.890. The molecule has 2 amide bonds. The van der Waals surface area contributed by atoms with Gasteiger partial charge in [0.15, 0.2) is 11.5 Å². The van der Waals surface area contributed by atoms with Crippen molar-refractivity contribution in [1.29, 1.82) is 0 Å². The molecule has 3 N–H and O–H groups in total. The number of amides is 2. The Kier molecular flexibility index (Phi) is 5.33. The topological polar surface area (TPSA) is 114 Å². The summed E-state index contributed by atoms with van der Waals surface area (Å²) in [6.07, 6.45) is -0.0708. The van der Waals surface area contributed by atoms with Crippen LogP contribution in [0.25, 0.3) is 11.5 Å².